The molecule has 3 aromatic rings. The first kappa shape index (κ1) is 28.0. The van der Waals surface area contributed by atoms with Crippen LogP contribution in [0.15, 0.2) is 71.6 Å². The van der Waals surface area contributed by atoms with E-state index < -0.39 is 57.0 Å². The van der Waals surface area contributed by atoms with Crippen molar-refractivity contribution in [2.45, 2.75) is 35.6 Å². The Morgan fingerprint density at radius 3 is 2.25 bits per heavy atom. The van der Waals surface area contributed by atoms with E-state index in [1.165, 1.54) is 17.0 Å². The van der Waals surface area contributed by atoms with Gasteiger partial charge in [-0.3, -0.25) is 0 Å². The van der Waals surface area contributed by atoms with Crippen LogP contribution in [0.4, 0.5) is 37.7 Å². The minimum Gasteiger partial charge on any atom is -0.453 e. The topological polar surface area (TPSA) is 97.3 Å². The lowest BCUT2D eigenvalue weighted by Gasteiger charge is -2.44. The number of sulfonamides is 1. The summed E-state index contributed by atoms with van der Waals surface area (Å²) < 4.78 is 121. The molecule has 0 saturated carbocycles. The number of halogens is 6. The minimum atomic E-state index is -4.96. The number of anilines is 2. The first-order valence-electron chi connectivity index (χ1n) is 11.6. The van der Waals surface area contributed by atoms with Crippen molar-refractivity contribution in [2.24, 2.45) is 0 Å². The molecule has 0 aromatic heterocycles. The van der Waals surface area contributed by atoms with Gasteiger partial charge in [0.25, 0.3) is 0 Å². The SMILES string of the molecule is O=S(=O)(N[C@@H]1COC[C@H](N2c3ccccc3Oc3cc(C(F)(F)F)ccc32)[C@H]1O)c1ccc(OC(F)(F)F)cc1. The first-order chi connectivity index (χ1) is 18.7. The molecule has 1 fully saturated rings. The van der Waals surface area contributed by atoms with E-state index in [4.69, 9.17) is 9.47 Å². The van der Waals surface area contributed by atoms with Gasteiger partial charge in [-0.1, -0.05) is 12.1 Å². The third-order valence-corrected chi connectivity index (χ3v) is 7.80. The monoisotopic (exact) mass is 590 g/mol. The summed E-state index contributed by atoms with van der Waals surface area (Å²) in [4.78, 5) is 1.14. The molecule has 2 aliphatic rings. The molecule has 0 radical (unpaired) electrons. The van der Waals surface area contributed by atoms with E-state index >= 15 is 0 Å². The number of benzene rings is 3. The molecule has 3 aromatic carbocycles. The number of hydrogen-bond acceptors (Lipinski definition) is 7. The number of hydrogen-bond donors (Lipinski definition) is 2. The van der Waals surface area contributed by atoms with Gasteiger partial charge in [-0.05, 0) is 54.6 Å². The second kappa shape index (κ2) is 10.1. The molecule has 1 saturated heterocycles. The molecule has 0 bridgehead atoms. The summed E-state index contributed by atoms with van der Waals surface area (Å²) >= 11 is 0. The Kier molecular flexibility index (Phi) is 7.10. The fraction of sp³-hybridized carbons (Fsp3) is 0.280. The standard InChI is InChI=1S/C25H20F6N2O6S/c26-24(27,28)14-5-10-19-22(11-14)38-21-4-2-1-3-18(21)33(19)20-13-37-12-17(23(20)34)32-40(35,36)16-8-6-15(7-9-16)39-25(29,30)31/h1-11,17,20,23,32,34H,12-13H2/t17-,20+,23+/m1/s1. The molecule has 2 aliphatic heterocycles. The highest BCUT2D eigenvalue weighted by Gasteiger charge is 2.43. The number of fused-ring (bicyclic) bond motifs is 2. The van der Waals surface area contributed by atoms with Crippen LogP contribution in [0, 0.1) is 0 Å². The van der Waals surface area contributed by atoms with Gasteiger partial charge in [0.15, 0.2) is 11.5 Å². The van der Waals surface area contributed by atoms with Crippen molar-refractivity contribution >= 4 is 21.4 Å². The van der Waals surface area contributed by atoms with Gasteiger partial charge in [-0.15, -0.1) is 13.2 Å². The number of aliphatic hydroxyl groups is 1. The Balaban J connectivity index is 1.42. The summed E-state index contributed by atoms with van der Waals surface area (Å²) in [6.45, 7) is -0.365. The largest absolute Gasteiger partial charge is 0.573 e. The highest BCUT2D eigenvalue weighted by molar-refractivity contribution is 7.89. The lowest BCUT2D eigenvalue weighted by molar-refractivity contribution is -0.274. The summed E-state index contributed by atoms with van der Waals surface area (Å²) in [5.41, 5.74) is -0.336. The maximum absolute atomic E-state index is 13.4. The zero-order valence-corrected chi connectivity index (χ0v) is 20.9. The van der Waals surface area contributed by atoms with Gasteiger partial charge >= 0.3 is 12.5 Å². The number of ether oxygens (including phenoxy) is 3. The third-order valence-electron chi connectivity index (χ3n) is 6.29. The number of nitrogens with zero attached hydrogens (tertiary/aromatic N) is 1. The molecule has 0 spiro atoms. The van der Waals surface area contributed by atoms with E-state index in [9.17, 15) is 39.9 Å². The van der Waals surface area contributed by atoms with Gasteiger partial charge in [-0.2, -0.15) is 13.2 Å². The average Bonchev–Trinajstić information content (AvgIpc) is 2.87. The highest BCUT2D eigenvalue weighted by atomic mass is 32.2. The predicted molar refractivity (Wildman–Crippen MR) is 128 cm³/mol. The van der Waals surface area contributed by atoms with Gasteiger partial charge in [0, 0.05) is 0 Å². The van der Waals surface area contributed by atoms with Crippen LogP contribution in [0.3, 0.4) is 0 Å². The van der Waals surface area contributed by atoms with E-state index in [0.29, 0.717) is 5.69 Å². The summed E-state index contributed by atoms with van der Waals surface area (Å²) in [7, 11) is -4.35. The van der Waals surface area contributed by atoms with Gasteiger partial charge < -0.3 is 24.2 Å². The summed E-state index contributed by atoms with van der Waals surface area (Å²) in [6, 6.07) is 10.6. The quantitative estimate of drug-likeness (QED) is 0.406. The smallest absolute Gasteiger partial charge is 0.453 e. The van der Waals surface area contributed by atoms with Crippen LogP contribution in [-0.2, 0) is 20.9 Å². The fourth-order valence-corrected chi connectivity index (χ4v) is 5.76. The second-order valence-electron chi connectivity index (χ2n) is 8.96. The molecular weight excluding hydrogens is 570 g/mol. The van der Waals surface area contributed by atoms with Gasteiger partial charge in [0.2, 0.25) is 10.0 Å². The van der Waals surface area contributed by atoms with Crippen molar-refractivity contribution in [2.75, 3.05) is 18.1 Å². The molecule has 2 heterocycles. The van der Waals surface area contributed by atoms with Crippen LogP contribution in [0.2, 0.25) is 0 Å². The van der Waals surface area contributed by atoms with Crippen LogP contribution < -0.4 is 19.1 Å². The Bertz CT molecular complexity index is 1500. The molecular formula is C25H20F6N2O6S. The van der Waals surface area contributed by atoms with Crippen molar-refractivity contribution in [1.29, 1.82) is 0 Å². The maximum Gasteiger partial charge on any atom is 0.573 e. The Hall–Kier alpha value is -3.53. The highest BCUT2D eigenvalue weighted by Crippen LogP contribution is 2.50. The van der Waals surface area contributed by atoms with Crippen LogP contribution >= 0.6 is 0 Å². The lowest BCUT2D eigenvalue weighted by atomic mass is 9.98. The fourth-order valence-electron chi connectivity index (χ4n) is 4.52. The summed E-state index contributed by atoms with van der Waals surface area (Å²) in [6.07, 6.45) is -11.0. The van der Waals surface area contributed by atoms with Crippen LogP contribution in [-0.4, -0.2) is 51.3 Å². The Labute approximate surface area is 223 Å². The molecule has 214 valence electrons. The summed E-state index contributed by atoms with van der Waals surface area (Å²) in [5, 5.41) is 11.3. The van der Waals surface area contributed by atoms with Crippen LogP contribution in [0.1, 0.15) is 5.56 Å². The van der Waals surface area contributed by atoms with E-state index in [0.717, 1.165) is 36.4 Å². The number of rotatable bonds is 5. The molecule has 40 heavy (non-hydrogen) atoms. The van der Waals surface area contributed by atoms with Gasteiger partial charge in [0.05, 0.1) is 53.2 Å². The van der Waals surface area contributed by atoms with Crippen molar-refractivity contribution in [1.82, 2.24) is 4.72 Å². The Morgan fingerprint density at radius 1 is 0.900 bits per heavy atom. The van der Waals surface area contributed by atoms with E-state index in [2.05, 4.69) is 9.46 Å². The minimum absolute atomic E-state index is 0.113. The number of para-hydroxylation sites is 2. The van der Waals surface area contributed by atoms with Gasteiger partial charge in [0.1, 0.15) is 5.75 Å². The predicted octanol–water partition coefficient (Wildman–Crippen LogP) is 4.95. The molecule has 2 N–H and O–H groups in total. The second-order valence-corrected chi connectivity index (χ2v) is 10.7. The molecule has 0 aliphatic carbocycles. The lowest BCUT2D eigenvalue weighted by Crippen LogP contribution is -2.60. The number of aliphatic hydroxyl groups excluding tert-OH is 1. The van der Waals surface area contributed by atoms with Crippen molar-refractivity contribution in [3.05, 3.63) is 72.3 Å². The van der Waals surface area contributed by atoms with Crippen molar-refractivity contribution in [3.63, 3.8) is 0 Å². The van der Waals surface area contributed by atoms with E-state index in [1.807, 2.05) is 0 Å². The zero-order valence-electron chi connectivity index (χ0n) is 20.1. The van der Waals surface area contributed by atoms with Gasteiger partial charge in [-0.25, -0.2) is 13.1 Å². The normalized spacial score (nSPS) is 21.3. The van der Waals surface area contributed by atoms with Crippen LogP contribution in [0.5, 0.6) is 17.2 Å². The maximum atomic E-state index is 13.4. The molecule has 8 nitrogen and oxygen atoms in total. The Morgan fingerprint density at radius 2 is 1.57 bits per heavy atom. The average molecular weight is 590 g/mol. The van der Waals surface area contributed by atoms with E-state index in [1.54, 1.807) is 18.2 Å². The molecule has 0 unspecified atom stereocenters. The molecule has 3 atom stereocenters. The molecule has 15 heteroatoms. The summed E-state index contributed by atoms with van der Waals surface area (Å²) in [5.74, 6) is -0.527. The third kappa shape index (κ3) is 5.68. The number of alkyl halides is 6. The van der Waals surface area contributed by atoms with Crippen molar-refractivity contribution in [3.8, 4) is 17.2 Å². The number of nitrogens with one attached hydrogen (secondary N) is 1. The zero-order chi connectivity index (χ0) is 28.9. The first-order valence-corrected chi connectivity index (χ1v) is 13.1. The molecule has 5 rings (SSSR count). The van der Waals surface area contributed by atoms with E-state index in [-0.39, 0.29) is 30.4 Å². The van der Waals surface area contributed by atoms with Crippen LogP contribution in [0.25, 0.3) is 0 Å². The van der Waals surface area contributed by atoms with Crippen molar-refractivity contribution < 1.29 is 54.1 Å². The molecule has 0 amide bonds.